The Hall–Kier alpha value is -1.36. The summed E-state index contributed by atoms with van der Waals surface area (Å²) in [5.41, 5.74) is 4.15. The van der Waals surface area contributed by atoms with E-state index in [9.17, 15) is 26.4 Å². The van der Waals surface area contributed by atoms with E-state index in [0.29, 0.717) is 25.6 Å². The third-order valence-electron chi connectivity index (χ3n) is 2.60. The van der Waals surface area contributed by atoms with Crippen molar-refractivity contribution in [2.75, 3.05) is 19.6 Å². The van der Waals surface area contributed by atoms with Crippen LogP contribution in [-0.2, 0) is 21.0 Å². The highest BCUT2D eigenvalue weighted by Crippen LogP contribution is 2.30. The van der Waals surface area contributed by atoms with Crippen LogP contribution in [0.1, 0.15) is 12.0 Å². The van der Waals surface area contributed by atoms with E-state index in [1.807, 2.05) is 4.72 Å². The maximum atomic E-state index is 12.6. The number of carbonyl (C=O) groups excluding carboxylic acids is 1. The number of halogens is 4. The van der Waals surface area contributed by atoms with Crippen molar-refractivity contribution < 1.29 is 26.4 Å². The van der Waals surface area contributed by atoms with Crippen LogP contribution in [0, 0.1) is 0 Å². The minimum atomic E-state index is -4.65. The minimum absolute atomic E-state index is 0. The fraction of sp³-hybridized carbons (Fsp3) is 0.417. The maximum absolute atomic E-state index is 12.6. The lowest BCUT2D eigenvalue weighted by Gasteiger charge is -2.10. The van der Waals surface area contributed by atoms with E-state index < -0.39 is 39.1 Å². The molecule has 0 heterocycles. The second kappa shape index (κ2) is 9.06. The Balaban J connectivity index is 0.00000484. The second-order valence-electron chi connectivity index (χ2n) is 4.34. The maximum Gasteiger partial charge on any atom is 0.416 e. The molecule has 0 aliphatic carbocycles. The Morgan fingerprint density at radius 1 is 1.26 bits per heavy atom. The van der Waals surface area contributed by atoms with E-state index in [2.05, 4.69) is 5.32 Å². The molecule has 0 saturated carbocycles. The summed E-state index contributed by atoms with van der Waals surface area (Å²) in [7, 11) is -4.20. The SMILES string of the molecule is Cl.NCCCNC(=O)CNS(=O)(=O)c1cccc(C(F)(F)F)c1. The molecule has 0 unspecified atom stereocenters. The Bertz CT molecular complexity index is 623. The summed E-state index contributed by atoms with van der Waals surface area (Å²) in [6, 6.07) is 3.27. The first kappa shape index (κ1) is 21.6. The van der Waals surface area contributed by atoms with E-state index in [0.717, 1.165) is 18.2 Å². The van der Waals surface area contributed by atoms with Gasteiger partial charge in [0.25, 0.3) is 0 Å². The van der Waals surface area contributed by atoms with Crippen LogP contribution in [0.4, 0.5) is 13.2 Å². The first-order chi connectivity index (χ1) is 10.2. The van der Waals surface area contributed by atoms with Gasteiger partial charge in [0.1, 0.15) is 0 Å². The van der Waals surface area contributed by atoms with Gasteiger partial charge in [0.15, 0.2) is 0 Å². The minimum Gasteiger partial charge on any atom is -0.355 e. The van der Waals surface area contributed by atoms with Gasteiger partial charge < -0.3 is 11.1 Å². The van der Waals surface area contributed by atoms with Crippen LogP contribution in [0.25, 0.3) is 0 Å². The zero-order chi connectivity index (χ0) is 16.8. The predicted octanol–water partition coefficient (Wildman–Crippen LogP) is 0.871. The molecule has 0 bridgehead atoms. The smallest absolute Gasteiger partial charge is 0.355 e. The van der Waals surface area contributed by atoms with Crippen molar-refractivity contribution >= 4 is 28.3 Å². The Morgan fingerprint density at radius 3 is 2.48 bits per heavy atom. The highest BCUT2D eigenvalue weighted by Gasteiger charge is 2.31. The van der Waals surface area contributed by atoms with Gasteiger partial charge in [-0.05, 0) is 31.2 Å². The van der Waals surface area contributed by atoms with Gasteiger partial charge in [-0.15, -0.1) is 12.4 Å². The van der Waals surface area contributed by atoms with Crippen molar-refractivity contribution in [1.82, 2.24) is 10.0 Å². The molecule has 1 aromatic rings. The topological polar surface area (TPSA) is 101 Å². The van der Waals surface area contributed by atoms with Gasteiger partial charge in [-0.1, -0.05) is 6.07 Å². The molecule has 0 spiro atoms. The van der Waals surface area contributed by atoms with Crippen LogP contribution in [0.2, 0.25) is 0 Å². The number of rotatable bonds is 7. The molecule has 0 saturated heterocycles. The van der Waals surface area contributed by atoms with Crippen LogP contribution >= 0.6 is 12.4 Å². The molecule has 0 fully saturated rings. The first-order valence-corrected chi connectivity index (χ1v) is 7.79. The molecule has 1 amide bonds. The number of amides is 1. The number of hydrogen-bond acceptors (Lipinski definition) is 4. The van der Waals surface area contributed by atoms with Crippen LogP contribution in [0.3, 0.4) is 0 Å². The lowest BCUT2D eigenvalue weighted by molar-refractivity contribution is -0.137. The van der Waals surface area contributed by atoms with E-state index in [1.54, 1.807) is 0 Å². The average molecular weight is 376 g/mol. The van der Waals surface area contributed by atoms with Crippen molar-refractivity contribution in [3.8, 4) is 0 Å². The van der Waals surface area contributed by atoms with Gasteiger partial charge in [-0.25, -0.2) is 13.1 Å². The second-order valence-corrected chi connectivity index (χ2v) is 6.11. The Morgan fingerprint density at radius 2 is 1.91 bits per heavy atom. The summed E-state index contributed by atoms with van der Waals surface area (Å²) in [6.07, 6.45) is -4.11. The first-order valence-electron chi connectivity index (χ1n) is 6.30. The van der Waals surface area contributed by atoms with E-state index in [4.69, 9.17) is 5.73 Å². The average Bonchev–Trinajstić information content (AvgIpc) is 2.45. The third kappa shape index (κ3) is 7.16. The van der Waals surface area contributed by atoms with Crippen molar-refractivity contribution in [2.24, 2.45) is 5.73 Å². The number of carbonyl (C=O) groups is 1. The molecule has 23 heavy (non-hydrogen) atoms. The molecule has 0 aliphatic heterocycles. The van der Waals surface area contributed by atoms with Gasteiger partial charge in [0, 0.05) is 6.54 Å². The number of hydrogen-bond donors (Lipinski definition) is 3. The van der Waals surface area contributed by atoms with Gasteiger partial charge in [0.2, 0.25) is 15.9 Å². The Labute approximate surface area is 138 Å². The number of nitrogens with two attached hydrogens (primary N) is 1. The van der Waals surface area contributed by atoms with E-state index in [1.165, 1.54) is 0 Å². The monoisotopic (exact) mass is 375 g/mol. The van der Waals surface area contributed by atoms with E-state index >= 15 is 0 Å². The standard InChI is InChI=1S/C12H16F3N3O3S.ClH/c13-12(14,15)9-3-1-4-10(7-9)22(20,21)18-8-11(19)17-6-2-5-16;/h1,3-4,7,18H,2,5-6,8,16H2,(H,17,19);1H. The summed E-state index contributed by atoms with van der Waals surface area (Å²) in [4.78, 5) is 10.8. The van der Waals surface area contributed by atoms with Crippen LogP contribution in [-0.4, -0.2) is 34.0 Å². The Kier molecular flexibility index (Phi) is 8.53. The molecule has 0 atom stereocenters. The molecule has 0 radical (unpaired) electrons. The molecule has 132 valence electrons. The molecule has 0 aliphatic rings. The fourth-order valence-corrected chi connectivity index (χ4v) is 2.50. The molecule has 6 nitrogen and oxygen atoms in total. The zero-order valence-electron chi connectivity index (χ0n) is 11.9. The van der Waals surface area contributed by atoms with Crippen LogP contribution in [0.15, 0.2) is 29.2 Å². The van der Waals surface area contributed by atoms with Gasteiger partial charge >= 0.3 is 6.18 Å². The van der Waals surface area contributed by atoms with Gasteiger partial charge in [0.05, 0.1) is 17.0 Å². The van der Waals surface area contributed by atoms with Crippen LogP contribution in [0.5, 0.6) is 0 Å². The predicted molar refractivity (Wildman–Crippen MR) is 80.6 cm³/mol. The number of sulfonamides is 1. The highest BCUT2D eigenvalue weighted by atomic mass is 35.5. The third-order valence-corrected chi connectivity index (χ3v) is 4.00. The quantitative estimate of drug-likeness (QED) is 0.615. The van der Waals surface area contributed by atoms with Gasteiger partial charge in [-0.3, -0.25) is 4.79 Å². The summed E-state index contributed by atoms with van der Waals surface area (Å²) in [5.74, 6) is -0.594. The zero-order valence-corrected chi connectivity index (χ0v) is 13.5. The summed E-state index contributed by atoms with van der Waals surface area (Å²) < 4.78 is 63.3. The lowest BCUT2D eigenvalue weighted by atomic mass is 10.2. The fourth-order valence-electron chi connectivity index (χ4n) is 1.48. The van der Waals surface area contributed by atoms with Crippen molar-refractivity contribution in [3.05, 3.63) is 29.8 Å². The largest absolute Gasteiger partial charge is 0.416 e. The molecule has 4 N–H and O–H groups in total. The molecule has 1 rings (SSSR count). The molecular weight excluding hydrogens is 359 g/mol. The summed E-state index contributed by atoms with van der Waals surface area (Å²) in [5, 5.41) is 2.42. The lowest BCUT2D eigenvalue weighted by Crippen LogP contribution is -2.37. The number of nitrogens with one attached hydrogen (secondary N) is 2. The molecule has 11 heteroatoms. The van der Waals surface area contributed by atoms with Crippen molar-refractivity contribution in [2.45, 2.75) is 17.5 Å². The summed E-state index contributed by atoms with van der Waals surface area (Å²) in [6.45, 7) is 0.0972. The molecule has 1 aromatic carbocycles. The number of alkyl halides is 3. The normalized spacial score (nSPS) is 11.7. The number of benzene rings is 1. The summed E-state index contributed by atoms with van der Waals surface area (Å²) >= 11 is 0. The van der Waals surface area contributed by atoms with Crippen LogP contribution < -0.4 is 15.8 Å². The highest BCUT2D eigenvalue weighted by molar-refractivity contribution is 7.89. The molecular formula is C12H17ClF3N3O3S. The molecule has 0 aromatic heterocycles. The van der Waals surface area contributed by atoms with Crippen molar-refractivity contribution in [3.63, 3.8) is 0 Å². The van der Waals surface area contributed by atoms with E-state index in [-0.39, 0.29) is 12.4 Å². The van der Waals surface area contributed by atoms with Crippen molar-refractivity contribution in [1.29, 1.82) is 0 Å². The van der Waals surface area contributed by atoms with Gasteiger partial charge in [-0.2, -0.15) is 13.2 Å².